The van der Waals surface area contributed by atoms with Crippen molar-refractivity contribution in [2.24, 2.45) is 0 Å². The first-order valence-electron chi connectivity index (χ1n) is 10.5. The van der Waals surface area contributed by atoms with Crippen molar-refractivity contribution in [1.29, 1.82) is 0 Å². The number of hydrogen-bond donors (Lipinski definition) is 3. The highest BCUT2D eigenvalue weighted by atomic mass is 32.2. The number of aryl methyl sites for hydroxylation is 1. The molecule has 0 bridgehead atoms. The second kappa shape index (κ2) is 9.96. The summed E-state index contributed by atoms with van der Waals surface area (Å²) in [6.07, 6.45) is 0.649. The number of hydrogen-bond acceptors (Lipinski definition) is 6. The van der Waals surface area contributed by atoms with Crippen LogP contribution in [0.3, 0.4) is 0 Å². The quantitative estimate of drug-likeness (QED) is 0.221. The van der Waals surface area contributed by atoms with E-state index in [1.165, 1.54) is 29.6 Å². The lowest BCUT2D eigenvalue weighted by Crippen LogP contribution is -2.41. The Morgan fingerprint density at radius 1 is 1.03 bits per heavy atom. The van der Waals surface area contributed by atoms with Gasteiger partial charge in [-0.2, -0.15) is 4.72 Å². The third-order valence-electron chi connectivity index (χ3n) is 5.24. The van der Waals surface area contributed by atoms with Crippen molar-refractivity contribution in [1.82, 2.24) is 9.44 Å². The number of carboxylic acid groups (broad SMARTS) is 1. The van der Waals surface area contributed by atoms with E-state index in [1.54, 1.807) is 6.07 Å². The Labute approximate surface area is 196 Å². The predicted molar refractivity (Wildman–Crippen MR) is 130 cm³/mol. The summed E-state index contributed by atoms with van der Waals surface area (Å²) < 4.78 is 37.1. The molecule has 4 aromatic rings. The van der Waals surface area contributed by atoms with Crippen molar-refractivity contribution in [2.75, 3.05) is 6.54 Å². The van der Waals surface area contributed by atoms with Gasteiger partial charge in [0.05, 0.1) is 4.90 Å². The zero-order valence-electron chi connectivity index (χ0n) is 17.9. The number of fused-ring (bicyclic) bond motifs is 3. The summed E-state index contributed by atoms with van der Waals surface area (Å²) in [5.74, 6) is -1.21. The largest absolute Gasteiger partial charge is 0.480 e. The van der Waals surface area contributed by atoms with Gasteiger partial charge in [0.1, 0.15) is 17.2 Å². The number of carboxylic acids is 1. The average molecular weight is 485 g/mol. The lowest BCUT2D eigenvalue weighted by molar-refractivity contribution is -0.139. The van der Waals surface area contributed by atoms with Gasteiger partial charge in [-0.25, -0.2) is 8.42 Å². The molecule has 0 aliphatic rings. The van der Waals surface area contributed by atoms with Gasteiger partial charge in [0.15, 0.2) is 0 Å². The normalized spacial score (nSPS) is 12.9. The summed E-state index contributed by atoms with van der Waals surface area (Å²) in [6.45, 7) is 2.56. The molecule has 0 aliphatic heterocycles. The fourth-order valence-electron chi connectivity index (χ4n) is 3.48. The second-order valence-corrected chi connectivity index (χ2v) is 10.4. The molecule has 0 spiro atoms. The molecule has 9 heteroatoms. The molecule has 1 heterocycles. The van der Waals surface area contributed by atoms with E-state index < -0.39 is 22.0 Å². The second-order valence-electron chi connectivity index (χ2n) is 7.72. The van der Waals surface area contributed by atoms with Crippen molar-refractivity contribution in [3.05, 3.63) is 72.3 Å². The number of carbonyl (C=O) groups is 1. The van der Waals surface area contributed by atoms with Crippen molar-refractivity contribution in [2.45, 2.75) is 35.6 Å². The fourth-order valence-corrected chi connectivity index (χ4v) is 5.41. The van der Waals surface area contributed by atoms with Gasteiger partial charge in [-0.3, -0.25) is 9.52 Å². The summed E-state index contributed by atoms with van der Waals surface area (Å²) in [5, 5.41) is 11.0. The van der Waals surface area contributed by atoms with Gasteiger partial charge < -0.3 is 9.52 Å². The summed E-state index contributed by atoms with van der Waals surface area (Å²) >= 11 is 1.46. The molecule has 0 saturated heterocycles. The monoisotopic (exact) mass is 484 g/mol. The van der Waals surface area contributed by atoms with Crippen molar-refractivity contribution >= 4 is 49.9 Å². The predicted octanol–water partition coefficient (Wildman–Crippen LogP) is 4.70. The third-order valence-corrected chi connectivity index (χ3v) is 7.56. The van der Waals surface area contributed by atoms with Gasteiger partial charge >= 0.3 is 5.97 Å². The first kappa shape index (κ1) is 23.3. The number of benzene rings is 3. The molecule has 0 radical (unpaired) electrons. The van der Waals surface area contributed by atoms with Crippen LogP contribution in [0.5, 0.6) is 0 Å². The summed E-state index contributed by atoms with van der Waals surface area (Å²) in [4.78, 5) is 12.8. The van der Waals surface area contributed by atoms with Crippen LogP contribution in [0.1, 0.15) is 18.4 Å². The molecule has 3 aromatic carbocycles. The van der Waals surface area contributed by atoms with Crippen LogP contribution in [-0.4, -0.2) is 32.1 Å². The Morgan fingerprint density at radius 2 is 1.76 bits per heavy atom. The van der Waals surface area contributed by atoms with E-state index in [0.29, 0.717) is 29.5 Å². The fraction of sp³-hybridized carbons (Fsp3) is 0.208. The molecule has 1 atom stereocenters. The number of furan rings is 1. The van der Waals surface area contributed by atoms with Crippen LogP contribution in [0.15, 0.2) is 80.9 Å². The maximum absolute atomic E-state index is 12.9. The van der Waals surface area contributed by atoms with Crippen LogP contribution < -0.4 is 9.44 Å². The van der Waals surface area contributed by atoms with Crippen molar-refractivity contribution in [3.8, 4) is 0 Å². The van der Waals surface area contributed by atoms with Crippen molar-refractivity contribution < 1.29 is 22.7 Å². The maximum Gasteiger partial charge on any atom is 0.321 e. The van der Waals surface area contributed by atoms with Crippen LogP contribution in [0.4, 0.5) is 0 Å². The standard InChI is InChI=1S/C24H24N2O5S2/c1-16-8-10-17(11-9-16)32-25-14-4-6-21(24(27)28)26-33(29,30)18-12-13-23-20(15-18)19-5-2-3-7-22(19)31-23/h2-3,5,7-13,15,21,25-26H,4,6,14H2,1H3,(H,27,28). The molecular formula is C24H24N2O5S2. The summed E-state index contributed by atoms with van der Waals surface area (Å²) in [6, 6.07) is 18.7. The molecule has 0 aliphatic carbocycles. The molecule has 1 unspecified atom stereocenters. The Balaban J connectivity index is 1.39. The topological polar surface area (TPSA) is 109 Å². The number of sulfonamides is 1. The number of aliphatic carboxylic acids is 1. The molecule has 7 nitrogen and oxygen atoms in total. The molecule has 1 aromatic heterocycles. The molecule has 3 N–H and O–H groups in total. The van der Waals surface area contributed by atoms with Crippen LogP contribution in [0.2, 0.25) is 0 Å². The van der Waals surface area contributed by atoms with Crippen LogP contribution in [0, 0.1) is 6.92 Å². The minimum atomic E-state index is -4.03. The lowest BCUT2D eigenvalue weighted by Gasteiger charge is -2.15. The van der Waals surface area contributed by atoms with Gasteiger partial charge in [0.2, 0.25) is 10.0 Å². The number of nitrogens with one attached hydrogen (secondary N) is 2. The van der Waals surface area contributed by atoms with Gasteiger partial charge in [0, 0.05) is 22.2 Å². The highest BCUT2D eigenvalue weighted by Gasteiger charge is 2.25. The van der Waals surface area contributed by atoms with Gasteiger partial charge in [-0.05, 0) is 68.1 Å². The highest BCUT2D eigenvalue weighted by Crippen LogP contribution is 2.30. The first-order chi connectivity index (χ1) is 15.8. The van der Waals surface area contributed by atoms with E-state index in [1.807, 2.05) is 55.5 Å². The molecule has 33 heavy (non-hydrogen) atoms. The summed E-state index contributed by atoms with van der Waals surface area (Å²) in [7, 11) is -4.03. The van der Waals surface area contributed by atoms with Crippen molar-refractivity contribution in [3.63, 3.8) is 0 Å². The molecule has 172 valence electrons. The molecule has 4 rings (SSSR count). The van der Waals surface area contributed by atoms with Gasteiger partial charge in [-0.15, -0.1) is 0 Å². The SMILES string of the molecule is Cc1ccc(SNCCCC(NS(=O)(=O)c2ccc3oc4ccccc4c3c2)C(=O)O)cc1. The van der Waals surface area contributed by atoms with E-state index in [4.69, 9.17) is 4.42 Å². The Kier molecular flexibility index (Phi) is 7.04. The Morgan fingerprint density at radius 3 is 2.52 bits per heavy atom. The van der Waals surface area contributed by atoms with Crippen LogP contribution in [0.25, 0.3) is 21.9 Å². The van der Waals surface area contributed by atoms with E-state index in [-0.39, 0.29) is 11.3 Å². The molecule has 0 fully saturated rings. The van der Waals surface area contributed by atoms with E-state index in [9.17, 15) is 18.3 Å². The van der Waals surface area contributed by atoms with E-state index in [0.717, 1.165) is 10.3 Å². The first-order valence-corrected chi connectivity index (χ1v) is 12.8. The number of para-hydroxylation sites is 1. The Hall–Kier alpha value is -2.85. The minimum Gasteiger partial charge on any atom is -0.480 e. The smallest absolute Gasteiger partial charge is 0.321 e. The molecular weight excluding hydrogens is 460 g/mol. The van der Waals surface area contributed by atoms with Crippen LogP contribution >= 0.6 is 11.9 Å². The third kappa shape index (κ3) is 5.56. The van der Waals surface area contributed by atoms with Gasteiger partial charge in [0.25, 0.3) is 0 Å². The minimum absolute atomic E-state index is 0.000791. The Bertz CT molecular complexity index is 1380. The molecule has 0 amide bonds. The zero-order valence-corrected chi connectivity index (χ0v) is 19.6. The molecule has 0 saturated carbocycles. The highest BCUT2D eigenvalue weighted by molar-refractivity contribution is 7.97. The maximum atomic E-state index is 12.9. The zero-order chi connectivity index (χ0) is 23.4. The van der Waals surface area contributed by atoms with Gasteiger partial charge in [-0.1, -0.05) is 35.9 Å². The van der Waals surface area contributed by atoms with Crippen LogP contribution in [-0.2, 0) is 14.8 Å². The summed E-state index contributed by atoms with van der Waals surface area (Å²) in [5.41, 5.74) is 2.41. The number of rotatable bonds is 10. The lowest BCUT2D eigenvalue weighted by atomic mass is 10.1. The average Bonchev–Trinajstić information content (AvgIpc) is 3.17. The van der Waals surface area contributed by atoms with E-state index >= 15 is 0 Å². The van der Waals surface area contributed by atoms with E-state index in [2.05, 4.69) is 9.44 Å².